The summed E-state index contributed by atoms with van der Waals surface area (Å²) in [6.45, 7) is 9.08. The van der Waals surface area contributed by atoms with E-state index in [2.05, 4.69) is 77.9 Å². The fourth-order valence-electron chi connectivity index (χ4n) is 4.45. The van der Waals surface area contributed by atoms with E-state index in [4.69, 9.17) is 9.98 Å². The van der Waals surface area contributed by atoms with Crippen LogP contribution in [0.25, 0.3) is 11.3 Å². The molecule has 158 valence electrons. The van der Waals surface area contributed by atoms with Crippen LogP contribution in [0.3, 0.4) is 0 Å². The smallest absolute Gasteiger partial charge is 0.260 e. The van der Waals surface area contributed by atoms with E-state index in [-0.39, 0.29) is 0 Å². The molecule has 2 aromatic heterocycles. The van der Waals surface area contributed by atoms with Gasteiger partial charge >= 0.3 is 0 Å². The van der Waals surface area contributed by atoms with Crippen LogP contribution < -0.4 is 4.48 Å². The predicted molar refractivity (Wildman–Crippen MR) is 130 cm³/mol. The Balaban J connectivity index is 1.68. The molecule has 0 spiro atoms. The van der Waals surface area contributed by atoms with Crippen molar-refractivity contribution in [2.24, 2.45) is 4.99 Å². The molecular formula is C25H27BrN5+. The number of halogens is 1. The van der Waals surface area contributed by atoms with Crippen LogP contribution in [0.15, 0.2) is 52.2 Å². The molecule has 0 bridgehead atoms. The maximum Gasteiger partial charge on any atom is 0.260 e. The summed E-state index contributed by atoms with van der Waals surface area (Å²) in [5.74, 6) is 1.04. The zero-order chi connectivity index (χ0) is 22.0. The van der Waals surface area contributed by atoms with E-state index in [1.165, 1.54) is 11.1 Å². The molecule has 1 aromatic carbocycles. The quantitative estimate of drug-likeness (QED) is 0.365. The van der Waals surface area contributed by atoms with Crippen molar-refractivity contribution < 1.29 is 0 Å². The van der Waals surface area contributed by atoms with Crippen molar-refractivity contribution in [1.29, 1.82) is 5.26 Å². The molecule has 0 fully saturated rings. The molecule has 31 heavy (non-hydrogen) atoms. The van der Waals surface area contributed by atoms with Gasteiger partial charge in [0.25, 0.3) is 5.82 Å². The number of quaternary nitrogens is 1. The lowest BCUT2D eigenvalue weighted by Crippen LogP contribution is -2.46. The molecule has 6 heteroatoms. The molecule has 1 atom stereocenters. The number of aromatic nitrogens is 2. The second-order valence-corrected chi connectivity index (χ2v) is 8.96. The van der Waals surface area contributed by atoms with Crippen LogP contribution in [0.2, 0.25) is 0 Å². The molecule has 0 saturated carbocycles. The van der Waals surface area contributed by atoms with Crippen molar-refractivity contribution in [2.75, 3.05) is 6.54 Å². The van der Waals surface area contributed by atoms with Gasteiger partial charge in [-0.25, -0.2) is 9.47 Å². The van der Waals surface area contributed by atoms with Gasteiger partial charge in [-0.05, 0) is 59.0 Å². The molecule has 3 heterocycles. The van der Waals surface area contributed by atoms with Crippen molar-refractivity contribution in [2.45, 2.75) is 46.7 Å². The molecule has 0 saturated heterocycles. The first kappa shape index (κ1) is 21.5. The summed E-state index contributed by atoms with van der Waals surface area (Å²) in [5, 5.41) is 9.63. The minimum atomic E-state index is 0.647. The first-order valence-electron chi connectivity index (χ1n) is 10.8. The molecule has 0 amide bonds. The Bertz CT molecular complexity index is 1170. The van der Waals surface area contributed by atoms with Gasteiger partial charge in [-0.3, -0.25) is 0 Å². The predicted octanol–water partition coefficient (Wildman–Crippen LogP) is 6.49. The van der Waals surface area contributed by atoms with E-state index in [1.54, 1.807) is 0 Å². The Kier molecular flexibility index (Phi) is 6.08. The standard InChI is InChI=1S/C25H27BrN5/c1-4-12-30-22(26)14-21(15-27)24(30)20-8-6-19(7-9-20)16-31(13-5-2)17-29-23-18(3)10-11-28-25(23)31/h6-11,14,17H,4-5,12-13,16H2,1-3H3/q+1. The third-order valence-corrected chi connectivity index (χ3v) is 6.52. The highest BCUT2D eigenvalue weighted by molar-refractivity contribution is 9.10. The number of hydrogen-bond acceptors (Lipinski definition) is 3. The number of nitriles is 1. The summed E-state index contributed by atoms with van der Waals surface area (Å²) in [6.07, 6.45) is 5.99. The van der Waals surface area contributed by atoms with Gasteiger partial charge in [-0.1, -0.05) is 38.1 Å². The number of aryl methyl sites for hydroxylation is 1. The summed E-state index contributed by atoms with van der Waals surface area (Å²) >= 11 is 3.61. The molecule has 0 radical (unpaired) electrons. The molecule has 0 aliphatic carbocycles. The van der Waals surface area contributed by atoms with Crippen molar-refractivity contribution in [3.63, 3.8) is 0 Å². The molecular weight excluding hydrogens is 450 g/mol. The molecule has 0 N–H and O–H groups in total. The van der Waals surface area contributed by atoms with Gasteiger partial charge in [0.05, 0.1) is 22.4 Å². The van der Waals surface area contributed by atoms with Crippen LogP contribution >= 0.6 is 15.9 Å². The summed E-state index contributed by atoms with van der Waals surface area (Å²) in [5.41, 5.74) is 6.14. The van der Waals surface area contributed by atoms with Crippen LogP contribution in [0.1, 0.15) is 43.4 Å². The lowest BCUT2D eigenvalue weighted by atomic mass is 10.0. The van der Waals surface area contributed by atoms with Crippen LogP contribution in [-0.4, -0.2) is 22.4 Å². The highest BCUT2D eigenvalue weighted by atomic mass is 79.9. The van der Waals surface area contributed by atoms with Crippen LogP contribution in [-0.2, 0) is 13.1 Å². The second-order valence-electron chi connectivity index (χ2n) is 8.15. The van der Waals surface area contributed by atoms with E-state index in [0.29, 0.717) is 10.0 Å². The number of aliphatic imine (C=N–C) groups is 1. The summed E-state index contributed by atoms with van der Waals surface area (Å²) in [7, 11) is 0. The van der Waals surface area contributed by atoms with E-state index in [0.717, 1.165) is 59.8 Å². The Hall–Kier alpha value is -2.75. The summed E-state index contributed by atoms with van der Waals surface area (Å²) in [4.78, 5) is 9.44. The minimum absolute atomic E-state index is 0.647. The lowest BCUT2D eigenvalue weighted by Gasteiger charge is -2.29. The molecule has 1 unspecified atom stereocenters. The topological polar surface area (TPSA) is 54.0 Å². The van der Waals surface area contributed by atoms with Crippen LogP contribution in [0, 0.1) is 18.3 Å². The van der Waals surface area contributed by atoms with Gasteiger partial charge in [-0.15, -0.1) is 0 Å². The van der Waals surface area contributed by atoms with Gasteiger partial charge < -0.3 is 4.57 Å². The highest BCUT2D eigenvalue weighted by Gasteiger charge is 2.38. The monoisotopic (exact) mass is 476 g/mol. The first-order valence-corrected chi connectivity index (χ1v) is 11.6. The average Bonchev–Trinajstić information content (AvgIpc) is 3.28. The van der Waals surface area contributed by atoms with Crippen molar-refractivity contribution in [3.05, 3.63) is 63.9 Å². The van der Waals surface area contributed by atoms with E-state index < -0.39 is 0 Å². The van der Waals surface area contributed by atoms with Gasteiger partial charge in [0.1, 0.15) is 12.6 Å². The van der Waals surface area contributed by atoms with Crippen LogP contribution in [0.5, 0.6) is 0 Å². The minimum Gasteiger partial charge on any atom is -0.334 e. The third kappa shape index (κ3) is 3.84. The summed E-state index contributed by atoms with van der Waals surface area (Å²) in [6, 6.07) is 14.9. The van der Waals surface area contributed by atoms with Gasteiger partial charge in [0.2, 0.25) is 0 Å². The van der Waals surface area contributed by atoms with Gasteiger partial charge in [0.15, 0.2) is 12.0 Å². The maximum atomic E-state index is 9.63. The maximum absolute atomic E-state index is 9.63. The zero-order valence-electron chi connectivity index (χ0n) is 18.3. The second kappa shape index (κ2) is 8.78. The fourth-order valence-corrected chi connectivity index (χ4v) is 5.04. The summed E-state index contributed by atoms with van der Waals surface area (Å²) < 4.78 is 3.77. The van der Waals surface area contributed by atoms with Crippen molar-refractivity contribution >= 4 is 33.8 Å². The number of nitrogens with zero attached hydrogens (tertiary/aromatic N) is 5. The normalized spacial score (nSPS) is 17.0. The SMILES string of the molecule is CCCn1c(Br)cc(C#N)c1-c1ccc(C[N+]2(CCC)C=Nc3c(C)ccnc32)cc1. The average molecular weight is 477 g/mol. The number of hydrogen-bond donors (Lipinski definition) is 0. The Morgan fingerprint density at radius 1 is 1.13 bits per heavy atom. The van der Waals surface area contributed by atoms with Gasteiger partial charge in [-0.2, -0.15) is 10.3 Å². The van der Waals surface area contributed by atoms with Crippen LogP contribution in [0.4, 0.5) is 11.5 Å². The number of pyridine rings is 1. The third-order valence-electron chi connectivity index (χ3n) is 5.87. The van der Waals surface area contributed by atoms with E-state index in [9.17, 15) is 5.26 Å². The number of benzene rings is 1. The fraction of sp³-hybridized carbons (Fsp3) is 0.320. The van der Waals surface area contributed by atoms with Crippen molar-refractivity contribution in [3.8, 4) is 17.3 Å². The lowest BCUT2D eigenvalue weighted by molar-refractivity contribution is 0.412. The molecule has 5 nitrogen and oxygen atoms in total. The Labute approximate surface area is 192 Å². The first-order chi connectivity index (χ1) is 15.0. The Morgan fingerprint density at radius 3 is 2.58 bits per heavy atom. The molecule has 3 aromatic rings. The van der Waals surface area contributed by atoms with E-state index in [1.807, 2.05) is 18.3 Å². The highest BCUT2D eigenvalue weighted by Crippen LogP contribution is 2.40. The molecule has 4 rings (SSSR count). The van der Waals surface area contributed by atoms with E-state index >= 15 is 0 Å². The van der Waals surface area contributed by atoms with Crippen molar-refractivity contribution in [1.82, 2.24) is 14.0 Å². The van der Waals surface area contributed by atoms with Gasteiger partial charge in [0, 0.05) is 18.3 Å². The number of rotatable bonds is 7. The number of fused-ring (bicyclic) bond motifs is 1. The Morgan fingerprint density at radius 2 is 1.90 bits per heavy atom. The molecule has 1 aliphatic heterocycles. The largest absolute Gasteiger partial charge is 0.334 e. The molecule has 1 aliphatic rings. The zero-order valence-corrected chi connectivity index (χ0v) is 19.9.